The molecule has 2 aliphatic rings. The lowest BCUT2D eigenvalue weighted by Gasteiger charge is -2.20. The molecule has 0 radical (unpaired) electrons. The highest BCUT2D eigenvalue weighted by atomic mass is 35.5. The van der Waals surface area contributed by atoms with Crippen molar-refractivity contribution in [1.29, 1.82) is 0 Å². The monoisotopic (exact) mass is 338 g/mol. The summed E-state index contributed by atoms with van der Waals surface area (Å²) in [6, 6.07) is 2.22. The zero-order chi connectivity index (χ0) is 15.9. The Balaban J connectivity index is 0.00000192. The summed E-state index contributed by atoms with van der Waals surface area (Å²) >= 11 is 0. The largest absolute Gasteiger partial charge is 0.488 e. The molecule has 0 saturated heterocycles. The molecular formula is C18H27ClN2O2. The molecular weight excluding hydrogens is 312 g/mol. The Hall–Kier alpha value is -1.26. The van der Waals surface area contributed by atoms with Gasteiger partial charge in [0.15, 0.2) is 0 Å². The van der Waals surface area contributed by atoms with E-state index in [-0.39, 0.29) is 24.4 Å². The maximum absolute atomic E-state index is 12.4. The number of rotatable bonds is 5. The van der Waals surface area contributed by atoms with E-state index in [1.54, 1.807) is 0 Å². The van der Waals surface area contributed by atoms with Gasteiger partial charge in [-0.2, -0.15) is 0 Å². The number of anilines is 1. The molecule has 1 unspecified atom stereocenters. The molecule has 0 bridgehead atoms. The first-order valence-corrected chi connectivity index (χ1v) is 8.36. The van der Waals surface area contributed by atoms with E-state index in [2.05, 4.69) is 18.3 Å². The SMILES string of the molecule is CCCCCc1cc2c(c3c1NC(=O)C3(C)C)OC(CN)C2.Cl. The number of fused-ring (bicyclic) bond motifs is 3. The first kappa shape index (κ1) is 18.1. The molecule has 0 fully saturated rings. The van der Waals surface area contributed by atoms with Crippen LogP contribution < -0.4 is 15.8 Å². The van der Waals surface area contributed by atoms with Crippen molar-refractivity contribution in [3.05, 3.63) is 22.8 Å². The first-order valence-electron chi connectivity index (χ1n) is 8.36. The Kier molecular flexibility index (Phi) is 5.27. The van der Waals surface area contributed by atoms with E-state index in [1.807, 2.05) is 13.8 Å². The zero-order valence-corrected chi connectivity index (χ0v) is 15.0. The molecule has 0 aromatic heterocycles. The van der Waals surface area contributed by atoms with Crippen molar-refractivity contribution in [2.45, 2.75) is 64.4 Å². The first-order chi connectivity index (χ1) is 10.5. The van der Waals surface area contributed by atoms with Gasteiger partial charge in [-0.15, -0.1) is 12.4 Å². The fourth-order valence-electron chi connectivity index (χ4n) is 3.54. The van der Waals surface area contributed by atoms with E-state index in [1.165, 1.54) is 24.0 Å². The standard InChI is InChI=1S/C18H26N2O2.ClH/c1-4-5-6-7-11-8-12-9-13(10-19)22-16(12)14-15(11)20-17(21)18(14,2)3;/h8,13H,4-7,9-10,19H2,1-3H3,(H,20,21);1H. The molecule has 3 N–H and O–H groups in total. The average Bonchev–Trinajstić information content (AvgIpc) is 2.98. The Morgan fingerprint density at radius 2 is 2.13 bits per heavy atom. The summed E-state index contributed by atoms with van der Waals surface area (Å²) in [4.78, 5) is 12.4. The summed E-state index contributed by atoms with van der Waals surface area (Å²) in [5, 5.41) is 3.10. The fourth-order valence-corrected chi connectivity index (χ4v) is 3.54. The van der Waals surface area contributed by atoms with Crippen molar-refractivity contribution in [2.75, 3.05) is 11.9 Å². The highest BCUT2D eigenvalue weighted by molar-refractivity contribution is 6.07. The van der Waals surface area contributed by atoms with Gasteiger partial charge < -0.3 is 15.8 Å². The van der Waals surface area contributed by atoms with Crippen LogP contribution in [-0.4, -0.2) is 18.6 Å². The minimum Gasteiger partial charge on any atom is -0.488 e. The lowest BCUT2D eigenvalue weighted by Crippen LogP contribution is -2.28. The number of carbonyl (C=O) groups is 1. The van der Waals surface area contributed by atoms with Crippen molar-refractivity contribution in [3.63, 3.8) is 0 Å². The number of amides is 1. The summed E-state index contributed by atoms with van der Waals surface area (Å²) in [5.74, 6) is 0.959. The number of unbranched alkanes of at least 4 members (excludes halogenated alkanes) is 2. The van der Waals surface area contributed by atoms with Gasteiger partial charge in [0.25, 0.3) is 0 Å². The average molecular weight is 339 g/mol. The summed E-state index contributed by atoms with van der Waals surface area (Å²) in [6.45, 7) is 6.67. The molecule has 0 spiro atoms. The van der Waals surface area contributed by atoms with Crippen LogP contribution in [-0.2, 0) is 23.1 Å². The molecule has 1 amide bonds. The summed E-state index contributed by atoms with van der Waals surface area (Å²) in [7, 11) is 0. The maximum Gasteiger partial charge on any atom is 0.234 e. The normalized spacial score (nSPS) is 20.3. The minimum atomic E-state index is -0.538. The topological polar surface area (TPSA) is 64.3 Å². The van der Waals surface area contributed by atoms with Crippen molar-refractivity contribution < 1.29 is 9.53 Å². The number of halogens is 1. The Labute approximate surface area is 144 Å². The number of aryl methyl sites for hydroxylation is 1. The van der Waals surface area contributed by atoms with Gasteiger partial charge in [0.2, 0.25) is 5.91 Å². The third kappa shape index (κ3) is 2.94. The molecule has 0 aliphatic carbocycles. The van der Waals surface area contributed by atoms with Crippen molar-refractivity contribution in [3.8, 4) is 5.75 Å². The van der Waals surface area contributed by atoms with E-state index in [0.29, 0.717) is 6.54 Å². The molecule has 5 heteroatoms. The quantitative estimate of drug-likeness (QED) is 0.809. The second-order valence-corrected chi connectivity index (χ2v) is 6.99. The van der Waals surface area contributed by atoms with Crippen molar-refractivity contribution in [2.24, 2.45) is 5.73 Å². The molecule has 23 heavy (non-hydrogen) atoms. The molecule has 128 valence electrons. The van der Waals surface area contributed by atoms with Gasteiger partial charge in [-0.25, -0.2) is 0 Å². The van der Waals surface area contributed by atoms with Crippen LogP contribution in [0.1, 0.15) is 56.7 Å². The van der Waals surface area contributed by atoms with Crippen LogP contribution in [0.5, 0.6) is 5.75 Å². The Bertz CT molecular complexity index is 614. The van der Waals surface area contributed by atoms with Gasteiger partial charge in [-0.1, -0.05) is 19.8 Å². The number of carbonyl (C=O) groups excluding carboxylic acids is 1. The Morgan fingerprint density at radius 1 is 1.39 bits per heavy atom. The van der Waals surface area contributed by atoms with Gasteiger partial charge in [0.1, 0.15) is 11.9 Å². The van der Waals surface area contributed by atoms with E-state index in [4.69, 9.17) is 10.5 Å². The highest BCUT2D eigenvalue weighted by Gasteiger charge is 2.44. The molecule has 2 heterocycles. The van der Waals surface area contributed by atoms with E-state index in [0.717, 1.165) is 36.3 Å². The van der Waals surface area contributed by atoms with Crippen molar-refractivity contribution >= 4 is 24.0 Å². The van der Waals surface area contributed by atoms with Crippen LogP contribution in [0.25, 0.3) is 0 Å². The smallest absolute Gasteiger partial charge is 0.234 e. The van der Waals surface area contributed by atoms with Crippen LogP contribution >= 0.6 is 12.4 Å². The fraction of sp³-hybridized carbons (Fsp3) is 0.611. The maximum atomic E-state index is 12.4. The number of nitrogens with two attached hydrogens (primary N) is 1. The van der Waals surface area contributed by atoms with Crippen LogP contribution in [0.2, 0.25) is 0 Å². The highest BCUT2D eigenvalue weighted by Crippen LogP contribution is 2.49. The number of hydrogen-bond acceptors (Lipinski definition) is 3. The van der Waals surface area contributed by atoms with Crippen LogP contribution in [0, 0.1) is 0 Å². The van der Waals surface area contributed by atoms with Gasteiger partial charge in [0.05, 0.1) is 11.1 Å². The third-order valence-corrected chi connectivity index (χ3v) is 4.91. The van der Waals surface area contributed by atoms with E-state index >= 15 is 0 Å². The molecule has 4 nitrogen and oxygen atoms in total. The predicted molar refractivity (Wildman–Crippen MR) is 95.7 cm³/mol. The second-order valence-electron chi connectivity index (χ2n) is 6.99. The predicted octanol–water partition coefficient (Wildman–Crippen LogP) is 3.33. The summed E-state index contributed by atoms with van der Waals surface area (Å²) in [5.41, 5.74) is 9.74. The van der Waals surface area contributed by atoms with E-state index in [9.17, 15) is 4.79 Å². The van der Waals surface area contributed by atoms with Crippen LogP contribution in [0.4, 0.5) is 5.69 Å². The minimum absolute atomic E-state index is 0. The van der Waals surface area contributed by atoms with Gasteiger partial charge in [-0.05, 0) is 43.9 Å². The lowest BCUT2D eigenvalue weighted by molar-refractivity contribution is -0.119. The van der Waals surface area contributed by atoms with Gasteiger partial charge in [0, 0.05) is 18.5 Å². The van der Waals surface area contributed by atoms with Crippen molar-refractivity contribution in [1.82, 2.24) is 0 Å². The van der Waals surface area contributed by atoms with Crippen LogP contribution in [0.3, 0.4) is 0 Å². The van der Waals surface area contributed by atoms with Crippen LogP contribution in [0.15, 0.2) is 6.07 Å². The number of ether oxygens (including phenoxy) is 1. The van der Waals surface area contributed by atoms with Gasteiger partial charge in [-0.3, -0.25) is 4.79 Å². The zero-order valence-electron chi connectivity index (χ0n) is 14.2. The van der Waals surface area contributed by atoms with Gasteiger partial charge >= 0.3 is 0 Å². The molecule has 1 aromatic rings. The lowest BCUT2D eigenvalue weighted by atomic mass is 9.83. The number of hydrogen-bond donors (Lipinski definition) is 2. The number of nitrogens with one attached hydrogen (secondary N) is 1. The molecule has 2 aliphatic heterocycles. The second kappa shape index (κ2) is 6.70. The summed E-state index contributed by atoms with van der Waals surface area (Å²) < 4.78 is 6.05. The summed E-state index contributed by atoms with van der Waals surface area (Å²) in [6.07, 6.45) is 5.46. The van der Waals surface area contributed by atoms with E-state index < -0.39 is 5.41 Å². The Morgan fingerprint density at radius 3 is 2.78 bits per heavy atom. The third-order valence-electron chi connectivity index (χ3n) is 4.91. The number of benzene rings is 1. The molecule has 0 saturated carbocycles. The molecule has 1 aromatic carbocycles. The molecule has 1 atom stereocenters. The molecule has 3 rings (SSSR count).